The average Bonchev–Trinajstić information content (AvgIpc) is 1.95. The van der Waals surface area contributed by atoms with Gasteiger partial charge < -0.3 is 9.30 Å². The summed E-state index contributed by atoms with van der Waals surface area (Å²) in [7, 11) is 3.41. The van der Waals surface area contributed by atoms with Crippen LogP contribution >= 0.6 is 0 Å². The highest BCUT2D eigenvalue weighted by Gasteiger charge is 1.88. The highest BCUT2D eigenvalue weighted by Crippen LogP contribution is 2.01. The second-order valence-corrected chi connectivity index (χ2v) is 2.06. The van der Waals surface area contributed by atoms with Crippen LogP contribution in [0, 0.1) is 5.41 Å². The smallest absolute Gasteiger partial charge is 0.128 e. The predicted octanol–water partition coefficient (Wildman–Crippen LogP) is 0.513. The number of methoxy groups -OCH3 is 1. The Labute approximate surface area is 59.4 Å². The first-order chi connectivity index (χ1) is 4.74. The van der Waals surface area contributed by atoms with Gasteiger partial charge in [-0.15, -0.1) is 0 Å². The van der Waals surface area contributed by atoms with Crippen LogP contribution in [0.25, 0.3) is 0 Å². The van der Waals surface area contributed by atoms with Crippen LogP contribution in [0.4, 0.5) is 0 Å². The minimum Gasteiger partial charge on any atom is -0.497 e. The number of aromatic nitrogens is 1. The molecule has 0 unspecified atom stereocenters. The number of ether oxygens (including phenoxy) is 1. The maximum absolute atomic E-state index is 7.35. The van der Waals surface area contributed by atoms with E-state index >= 15 is 0 Å². The Balaban J connectivity index is 3.17. The lowest BCUT2D eigenvalue weighted by atomic mass is 10.4. The van der Waals surface area contributed by atoms with Crippen LogP contribution in [0.5, 0.6) is 5.75 Å². The van der Waals surface area contributed by atoms with Crippen LogP contribution in [0.3, 0.4) is 0 Å². The monoisotopic (exact) mass is 138 g/mol. The molecule has 1 rings (SSSR count). The van der Waals surface area contributed by atoms with E-state index in [1.54, 1.807) is 23.9 Å². The zero-order chi connectivity index (χ0) is 7.56. The number of hydrogen-bond acceptors (Lipinski definition) is 2. The van der Waals surface area contributed by atoms with Gasteiger partial charge in [-0.3, -0.25) is 5.41 Å². The van der Waals surface area contributed by atoms with Gasteiger partial charge in [0.2, 0.25) is 0 Å². The largest absolute Gasteiger partial charge is 0.497 e. The molecule has 0 bridgehead atoms. The third-order valence-corrected chi connectivity index (χ3v) is 1.36. The normalized spacial score (nSPS) is 9.40. The van der Waals surface area contributed by atoms with Crippen molar-refractivity contribution in [3.8, 4) is 5.75 Å². The Bertz CT molecular complexity index is 277. The molecule has 1 heterocycles. The van der Waals surface area contributed by atoms with Crippen molar-refractivity contribution in [2.75, 3.05) is 7.11 Å². The van der Waals surface area contributed by atoms with Gasteiger partial charge in [0, 0.05) is 19.3 Å². The minimum atomic E-state index is 0.444. The van der Waals surface area contributed by atoms with E-state index in [-0.39, 0.29) is 0 Å². The fraction of sp³-hybridized carbons (Fsp3) is 0.286. The van der Waals surface area contributed by atoms with Gasteiger partial charge >= 0.3 is 0 Å². The van der Waals surface area contributed by atoms with E-state index in [0.717, 1.165) is 5.75 Å². The van der Waals surface area contributed by atoms with Crippen molar-refractivity contribution in [3.05, 3.63) is 23.8 Å². The van der Waals surface area contributed by atoms with Crippen molar-refractivity contribution in [2.24, 2.45) is 7.05 Å². The van der Waals surface area contributed by atoms with Crippen molar-refractivity contribution in [3.63, 3.8) is 0 Å². The van der Waals surface area contributed by atoms with Crippen molar-refractivity contribution in [1.82, 2.24) is 4.57 Å². The topological polar surface area (TPSA) is 38.0 Å². The molecule has 0 saturated heterocycles. The molecule has 54 valence electrons. The van der Waals surface area contributed by atoms with Gasteiger partial charge in [-0.25, -0.2) is 0 Å². The number of aryl methyl sites for hydroxylation is 1. The highest BCUT2D eigenvalue weighted by molar-refractivity contribution is 5.16. The quantitative estimate of drug-likeness (QED) is 0.603. The molecule has 3 heteroatoms. The number of hydrogen-bond donors (Lipinski definition) is 1. The molecule has 0 atom stereocenters. The number of rotatable bonds is 1. The molecule has 0 radical (unpaired) electrons. The molecule has 0 fully saturated rings. The maximum Gasteiger partial charge on any atom is 0.128 e. The summed E-state index contributed by atoms with van der Waals surface area (Å²) < 4.78 is 6.63. The Kier molecular flexibility index (Phi) is 1.76. The van der Waals surface area contributed by atoms with Gasteiger partial charge in [-0.1, -0.05) is 0 Å². The molecule has 0 amide bonds. The molecule has 0 aromatic carbocycles. The van der Waals surface area contributed by atoms with Crippen molar-refractivity contribution >= 4 is 0 Å². The lowest BCUT2D eigenvalue weighted by molar-refractivity contribution is 0.412. The summed E-state index contributed by atoms with van der Waals surface area (Å²) in [6.07, 6.45) is 1.79. The molecule has 1 N–H and O–H groups in total. The van der Waals surface area contributed by atoms with E-state index in [4.69, 9.17) is 10.1 Å². The molecule has 3 nitrogen and oxygen atoms in total. The molecule has 0 saturated carbocycles. The highest BCUT2D eigenvalue weighted by atomic mass is 16.5. The molecule has 1 aromatic heterocycles. The van der Waals surface area contributed by atoms with Crippen molar-refractivity contribution < 1.29 is 4.74 Å². The van der Waals surface area contributed by atoms with Crippen molar-refractivity contribution in [2.45, 2.75) is 0 Å². The molecule has 0 aliphatic heterocycles. The van der Waals surface area contributed by atoms with E-state index in [2.05, 4.69) is 0 Å². The van der Waals surface area contributed by atoms with Crippen LogP contribution in [0.2, 0.25) is 0 Å². The van der Waals surface area contributed by atoms with Crippen molar-refractivity contribution in [1.29, 1.82) is 5.41 Å². The molecule has 10 heavy (non-hydrogen) atoms. The van der Waals surface area contributed by atoms with Crippen LogP contribution < -0.4 is 10.2 Å². The van der Waals surface area contributed by atoms with E-state index in [1.165, 1.54) is 0 Å². The van der Waals surface area contributed by atoms with Gasteiger partial charge in [0.1, 0.15) is 11.2 Å². The Morgan fingerprint density at radius 2 is 2.30 bits per heavy atom. The Morgan fingerprint density at radius 1 is 1.60 bits per heavy atom. The second-order valence-electron chi connectivity index (χ2n) is 2.06. The molecular weight excluding hydrogens is 128 g/mol. The molecule has 0 aliphatic carbocycles. The second kappa shape index (κ2) is 2.56. The summed E-state index contributed by atoms with van der Waals surface area (Å²) in [5.74, 6) is 0.725. The lowest BCUT2D eigenvalue weighted by Crippen LogP contribution is -2.14. The zero-order valence-corrected chi connectivity index (χ0v) is 6.09. The SMILES string of the molecule is COc1ccn(C)c(=N)c1. The van der Waals surface area contributed by atoms with Gasteiger partial charge in [0.05, 0.1) is 7.11 Å². The van der Waals surface area contributed by atoms with Crippen LogP contribution in [-0.4, -0.2) is 11.7 Å². The van der Waals surface area contributed by atoms with E-state index in [9.17, 15) is 0 Å². The summed E-state index contributed by atoms with van der Waals surface area (Å²) in [4.78, 5) is 0. The molecule has 1 aromatic rings. The van der Waals surface area contributed by atoms with Crippen LogP contribution in [-0.2, 0) is 7.05 Å². The fourth-order valence-corrected chi connectivity index (χ4v) is 0.677. The van der Waals surface area contributed by atoms with Gasteiger partial charge in [0.25, 0.3) is 0 Å². The summed E-state index contributed by atoms with van der Waals surface area (Å²) in [6, 6.07) is 3.48. The Hall–Kier alpha value is -1.25. The van der Waals surface area contributed by atoms with E-state index < -0.39 is 0 Å². The first-order valence-corrected chi connectivity index (χ1v) is 2.99. The minimum absolute atomic E-state index is 0.444. The fourth-order valence-electron chi connectivity index (χ4n) is 0.677. The van der Waals surface area contributed by atoms with Crippen LogP contribution in [0.15, 0.2) is 18.3 Å². The Morgan fingerprint density at radius 3 is 2.80 bits per heavy atom. The van der Waals surface area contributed by atoms with Gasteiger partial charge in [-0.2, -0.15) is 0 Å². The summed E-state index contributed by atoms with van der Waals surface area (Å²) in [6.45, 7) is 0. The standard InChI is InChI=1S/C7H10N2O/c1-9-4-3-6(10-2)5-7(9)8/h3-5,8H,1-2H3. The lowest BCUT2D eigenvalue weighted by Gasteiger charge is -2.00. The molecule has 0 spiro atoms. The summed E-state index contributed by atoms with van der Waals surface area (Å²) in [5, 5.41) is 7.35. The first kappa shape index (κ1) is 6.86. The maximum atomic E-state index is 7.35. The third-order valence-electron chi connectivity index (χ3n) is 1.36. The van der Waals surface area contributed by atoms with E-state index in [1.807, 2.05) is 13.1 Å². The molecular formula is C7H10N2O. The predicted molar refractivity (Wildman–Crippen MR) is 37.8 cm³/mol. The average molecular weight is 138 g/mol. The number of nitrogens with one attached hydrogen (secondary N) is 1. The first-order valence-electron chi connectivity index (χ1n) is 2.99. The van der Waals surface area contributed by atoms with Gasteiger partial charge in [0.15, 0.2) is 0 Å². The number of pyridine rings is 1. The molecule has 0 aliphatic rings. The van der Waals surface area contributed by atoms with Gasteiger partial charge in [-0.05, 0) is 6.07 Å². The zero-order valence-electron chi connectivity index (χ0n) is 6.09. The number of nitrogens with zero attached hydrogens (tertiary/aromatic N) is 1. The van der Waals surface area contributed by atoms with E-state index in [0.29, 0.717) is 5.49 Å². The third kappa shape index (κ3) is 1.18. The summed E-state index contributed by atoms with van der Waals surface area (Å²) >= 11 is 0. The van der Waals surface area contributed by atoms with Crippen LogP contribution in [0.1, 0.15) is 0 Å². The summed E-state index contributed by atoms with van der Waals surface area (Å²) in [5.41, 5.74) is 0.444.